The number of hydrogen-bond acceptors (Lipinski definition) is 5. The Morgan fingerprint density at radius 2 is 2.12 bits per heavy atom. The summed E-state index contributed by atoms with van der Waals surface area (Å²) in [6.07, 6.45) is 4.39. The maximum absolute atomic E-state index is 4.96. The molecule has 0 aliphatic carbocycles. The molecule has 0 aromatic carbocycles. The summed E-state index contributed by atoms with van der Waals surface area (Å²) in [5.74, 6) is 1.97. The highest BCUT2D eigenvalue weighted by Crippen LogP contribution is 2.37. The third kappa shape index (κ3) is 6.24. The molecule has 1 N–H and O–H groups in total. The Bertz CT molecular complexity index is 709. The van der Waals surface area contributed by atoms with Crippen LogP contribution in [0.25, 0.3) is 5.70 Å². The zero-order chi connectivity index (χ0) is 18.2. The van der Waals surface area contributed by atoms with E-state index in [0.717, 1.165) is 40.7 Å². The third-order valence-corrected chi connectivity index (χ3v) is 6.79. The molecule has 0 radical (unpaired) electrons. The van der Waals surface area contributed by atoms with Gasteiger partial charge in [-0.3, -0.25) is 0 Å². The Kier molecular flexibility index (Phi) is 8.13. The maximum Gasteiger partial charge on any atom is 0.0851 e. The minimum atomic E-state index is 0.794. The Labute approximate surface area is 164 Å². The van der Waals surface area contributed by atoms with E-state index in [9.17, 15) is 0 Å². The van der Waals surface area contributed by atoms with Crippen molar-refractivity contribution in [3.05, 3.63) is 63.5 Å². The largest absolute Gasteiger partial charge is 0.363 e. The molecule has 2 rings (SSSR count). The van der Waals surface area contributed by atoms with Crippen molar-refractivity contribution >= 4 is 45.6 Å². The number of hydrogen-bond donors (Lipinski definition) is 1. The van der Waals surface area contributed by atoms with Crippen LogP contribution in [0.3, 0.4) is 0 Å². The first-order valence-electron chi connectivity index (χ1n) is 8.40. The smallest absolute Gasteiger partial charge is 0.0851 e. The van der Waals surface area contributed by atoms with Gasteiger partial charge in [0.1, 0.15) is 0 Å². The van der Waals surface area contributed by atoms with Crippen molar-refractivity contribution in [2.24, 2.45) is 4.99 Å². The van der Waals surface area contributed by atoms with Crippen LogP contribution in [0.1, 0.15) is 38.5 Å². The van der Waals surface area contributed by atoms with Gasteiger partial charge in [0.25, 0.3) is 0 Å². The Balaban J connectivity index is 2.13. The summed E-state index contributed by atoms with van der Waals surface area (Å²) in [4.78, 5) is 7.55. The Morgan fingerprint density at radius 3 is 2.72 bits per heavy atom. The van der Waals surface area contributed by atoms with Crippen molar-refractivity contribution in [3.8, 4) is 0 Å². The topological polar surface area (TPSA) is 24.4 Å². The van der Waals surface area contributed by atoms with Gasteiger partial charge in [0, 0.05) is 27.8 Å². The van der Waals surface area contributed by atoms with E-state index in [2.05, 4.69) is 62.8 Å². The predicted molar refractivity (Wildman–Crippen MR) is 119 cm³/mol. The first-order chi connectivity index (χ1) is 12.0. The molecular weight excluding hydrogens is 364 g/mol. The van der Waals surface area contributed by atoms with Crippen molar-refractivity contribution in [1.29, 1.82) is 0 Å². The molecule has 0 saturated carbocycles. The number of thiophene rings is 1. The molecule has 0 bridgehead atoms. The van der Waals surface area contributed by atoms with Crippen LogP contribution < -0.4 is 5.32 Å². The van der Waals surface area contributed by atoms with Crippen LogP contribution in [0.2, 0.25) is 0 Å². The lowest BCUT2D eigenvalue weighted by atomic mass is 10.2. The van der Waals surface area contributed by atoms with E-state index >= 15 is 0 Å². The minimum absolute atomic E-state index is 0.794. The van der Waals surface area contributed by atoms with Gasteiger partial charge in [-0.15, -0.1) is 34.9 Å². The molecular formula is C20H26N2S3. The van der Waals surface area contributed by atoms with Gasteiger partial charge in [-0.2, -0.15) is 0 Å². The first-order valence-corrected chi connectivity index (χ1v) is 11.2. The summed E-state index contributed by atoms with van der Waals surface area (Å²) in [5.41, 5.74) is 4.35. The van der Waals surface area contributed by atoms with Crippen molar-refractivity contribution in [3.63, 3.8) is 0 Å². The van der Waals surface area contributed by atoms with E-state index in [4.69, 9.17) is 4.99 Å². The van der Waals surface area contributed by atoms with E-state index in [-0.39, 0.29) is 0 Å². The molecule has 0 spiro atoms. The quantitative estimate of drug-likeness (QED) is 0.396. The van der Waals surface area contributed by atoms with E-state index < -0.39 is 0 Å². The SMILES string of the molecule is C=C(CC)NC(=C)CSC(C)=N/C(=C(\C)C1=CCCS1)c1cccs1. The summed E-state index contributed by atoms with van der Waals surface area (Å²) >= 11 is 5.39. The van der Waals surface area contributed by atoms with Crippen molar-refractivity contribution < 1.29 is 0 Å². The van der Waals surface area contributed by atoms with Crippen LogP contribution in [-0.2, 0) is 0 Å². The molecule has 1 aliphatic heterocycles. The highest BCUT2D eigenvalue weighted by atomic mass is 32.2. The molecule has 2 nitrogen and oxygen atoms in total. The van der Waals surface area contributed by atoms with Crippen LogP contribution in [0.4, 0.5) is 0 Å². The summed E-state index contributed by atoms with van der Waals surface area (Å²) < 4.78 is 0. The molecule has 1 aromatic heterocycles. The highest BCUT2D eigenvalue weighted by molar-refractivity contribution is 8.14. The number of thioether (sulfide) groups is 2. The molecule has 5 heteroatoms. The fourth-order valence-corrected chi connectivity index (χ4v) is 4.68. The fraction of sp³-hybridized carbons (Fsp3) is 0.350. The Hall–Kier alpha value is -1.17. The zero-order valence-electron chi connectivity index (χ0n) is 15.2. The molecule has 2 heterocycles. The van der Waals surface area contributed by atoms with Gasteiger partial charge in [0.05, 0.1) is 15.6 Å². The summed E-state index contributed by atoms with van der Waals surface area (Å²) in [5, 5.41) is 6.41. The summed E-state index contributed by atoms with van der Waals surface area (Å²) in [6.45, 7) is 14.4. The fourth-order valence-electron chi connectivity index (χ4n) is 2.29. The molecule has 134 valence electrons. The van der Waals surface area contributed by atoms with Gasteiger partial charge in [-0.05, 0) is 43.7 Å². The molecule has 1 aliphatic rings. The van der Waals surface area contributed by atoms with Gasteiger partial charge in [-0.1, -0.05) is 32.2 Å². The van der Waals surface area contributed by atoms with Gasteiger partial charge < -0.3 is 5.32 Å². The molecule has 0 unspecified atom stereocenters. The highest BCUT2D eigenvalue weighted by Gasteiger charge is 2.14. The molecule has 0 saturated heterocycles. The van der Waals surface area contributed by atoms with Crippen LogP contribution in [0, 0.1) is 0 Å². The molecule has 0 atom stereocenters. The first kappa shape index (κ1) is 20.1. The average molecular weight is 391 g/mol. The van der Waals surface area contributed by atoms with Crippen molar-refractivity contribution in [2.45, 2.75) is 33.6 Å². The van der Waals surface area contributed by atoms with Gasteiger partial charge in [0.15, 0.2) is 0 Å². The summed E-state index contributed by atoms with van der Waals surface area (Å²) in [6, 6.07) is 4.24. The average Bonchev–Trinajstić information content (AvgIpc) is 3.30. The second-order valence-corrected chi connectivity index (χ2v) is 9.01. The predicted octanol–water partition coefficient (Wildman–Crippen LogP) is 6.68. The van der Waals surface area contributed by atoms with Gasteiger partial charge >= 0.3 is 0 Å². The monoisotopic (exact) mass is 390 g/mol. The second kappa shape index (κ2) is 10.1. The maximum atomic E-state index is 4.96. The Morgan fingerprint density at radius 1 is 1.32 bits per heavy atom. The van der Waals surface area contributed by atoms with E-state index in [1.165, 1.54) is 21.1 Å². The van der Waals surface area contributed by atoms with Crippen LogP contribution in [-0.4, -0.2) is 16.5 Å². The third-order valence-electron chi connectivity index (χ3n) is 3.69. The molecule has 25 heavy (non-hydrogen) atoms. The standard InChI is InChI=1S/C20H26N2S3/c1-6-14(2)21-15(3)13-25-17(5)22-20(19-10-8-12-24-19)16(4)18-9-7-11-23-18/h8-10,12,21H,2-3,6-7,11,13H2,1,4-5H3/b20-16+,22-17?. The van der Waals surface area contributed by atoms with Crippen molar-refractivity contribution in [2.75, 3.05) is 11.5 Å². The van der Waals surface area contributed by atoms with E-state index in [1.54, 1.807) is 23.1 Å². The van der Waals surface area contributed by atoms with E-state index in [0.29, 0.717) is 0 Å². The second-order valence-electron chi connectivity index (χ2n) is 5.76. The number of aliphatic imine (C=N–C) groups is 1. The van der Waals surface area contributed by atoms with Crippen LogP contribution in [0.15, 0.2) is 63.6 Å². The van der Waals surface area contributed by atoms with Gasteiger partial charge in [-0.25, -0.2) is 4.99 Å². The van der Waals surface area contributed by atoms with E-state index in [1.807, 2.05) is 11.8 Å². The molecule has 0 amide bonds. The lowest BCUT2D eigenvalue weighted by Crippen LogP contribution is -2.12. The van der Waals surface area contributed by atoms with Crippen LogP contribution in [0.5, 0.6) is 0 Å². The molecule has 0 fully saturated rings. The lowest BCUT2D eigenvalue weighted by Gasteiger charge is -2.11. The number of nitrogens with zero attached hydrogens (tertiary/aromatic N) is 1. The number of nitrogens with one attached hydrogen (secondary N) is 1. The van der Waals surface area contributed by atoms with Gasteiger partial charge in [0.2, 0.25) is 0 Å². The van der Waals surface area contributed by atoms with Crippen molar-refractivity contribution in [1.82, 2.24) is 5.32 Å². The normalized spacial score (nSPS) is 15.6. The number of allylic oxidation sites excluding steroid dienone is 3. The zero-order valence-corrected chi connectivity index (χ0v) is 17.7. The van der Waals surface area contributed by atoms with Crippen LogP contribution >= 0.6 is 34.9 Å². The lowest BCUT2D eigenvalue weighted by molar-refractivity contribution is 0.906. The number of rotatable bonds is 8. The molecule has 1 aromatic rings. The minimum Gasteiger partial charge on any atom is -0.363 e. The summed E-state index contributed by atoms with van der Waals surface area (Å²) in [7, 11) is 0.